The van der Waals surface area contributed by atoms with Gasteiger partial charge in [-0.25, -0.2) is 14.2 Å². The maximum atomic E-state index is 14.6. The van der Waals surface area contributed by atoms with Gasteiger partial charge in [-0.2, -0.15) is 0 Å². The minimum atomic E-state index is -0.442. The molecule has 188 valence electrons. The zero-order chi connectivity index (χ0) is 25.4. The minimum Gasteiger partial charge on any atom is -0.497 e. The van der Waals surface area contributed by atoms with E-state index < -0.39 is 11.2 Å². The van der Waals surface area contributed by atoms with Gasteiger partial charge in [-0.1, -0.05) is 18.2 Å². The topological polar surface area (TPSA) is 77.5 Å². The quantitative estimate of drug-likeness (QED) is 0.410. The van der Waals surface area contributed by atoms with Gasteiger partial charge in [0.15, 0.2) is 11.2 Å². The van der Waals surface area contributed by atoms with Crippen LogP contribution < -0.4 is 20.9 Å². The standard InChI is InChI=1S/C26H29FN6O3/c1-29-24-23(25(34)30(2)26(29)35)33(16-18-6-4-5-7-21(18)27)22(28-24)17-31-12-14-32(15-13-31)19-8-10-20(36-3)11-9-19/h4-11H,12-17H2,1-3H3. The third kappa shape index (κ3) is 4.28. The second-order valence-corrected chi connectivity index (χ2v) is 9.04. The second kappa shape index (κ2) is 9.62. The van der Waals surface area contributed by atoms with E-state index in [-0.39, 0.29) is 12.4 Å². The summed E-state index contributed by atoms with van der Waals surface area (Å²) in [6, 6.07) is 14.5. The van der Waals surface area contributed by atoms with E-state index in [0.29, 0.717) is 29.1 Å². The number of piperazine rings is 1. The molecule has 1 fully saturated rings. The molecule has 9 nitrogen and oxygen atoms in total. The zero-order valence-electron chi connectivity index (χ0n) is 20.6. The molecule has 0 radical (unpaired) electrons. The summed E-state index contributed by atoms with van der Waals surface area (Å²) in [7, 11) is 4.70. The average Bonchev–Trinajstić information content (AvgIpc) is 3.25. The molecule has 36 heavy (non-hydrogen) atoms. The number of rotatable bonds is 6. The summed E-state index contributed by atoms with van der Waals surface area (Å²) in [6.07, 6.45) is 0. The monoisotopic (exact) mass is 492 g/mol. The third-order valence-electron chi connectivity index (χ3n) is 6.89. The van der Waals surface area contributed by atoms with Crippen molar-refractivity contribution in [3.63, 3.8) is 0 Å². The Morgan fingerprint density at radius 3 is 2.28 bits per heavy atom. The Hall–Kier alpha value is -3.92. The predicted octanol–water partition coefficient (Wildman–Crippen LogP) is 1.95. The summed E-state index contributed by atoms with van der Waals surface area (Å²) in [4.78, 5) is 34.9. The zero-order valence-corrected chi connectivity index (χ0v) is 20.6. The number of ether oxygens (including phenoxy) is 1. The van der Waals surface area contributed by atoms with Gasteiger partial charge in [0.05, 0.1) is 20.2 Å². The molecule has 0 unspecified atom stereocenters. The van der Waals surface area contributed by atoms with Crippen LogP contribution in [0.3, 0.4) is 0 Å². The summed E-state index contributed by atoms with van der Waals surface area (Å²) < 4.78 is 24.0. The first-order valence-electron chi connectivity index (χ1n) is 11.9. The molecule has 2 aromatic carbocycles. The molecule has 2 aromatic heterocycles. The molecule has 1 aliphatic heterocycles. The van der Waals surface area contributed by atoms with Gasteiger partial charge < -0.3 is 14.2 Å². The fraction of sp³-hybridized carbons (Fsp3) is 0.346. The Balaban J connectivity index is 1.45. The van der Waals surface area contributed by atoms with Gasteiger partial charge in [-0.05, 0) is 30.3 Å². The molecule has 4 aromatic rings. The van der Waals surface area contributed by atoms with E-state index in [2.05, 4.69) is 21.9 Å². The van der Waals surface area contributed by atoms with E-state index in [1.165, 1.54) is 17.7 Å². The van der Waals surface area contributed by atoms with Gasteiger partial charge >= 0.3 is 5.69 Å². The Kier molecular flexibility index (Phi) is 6.36. The first-order valence-corrected chi connectivity index (χ1v) is 11.9. The normalized spacial score (nSPS) is 14.5. The number of anilines is 1. The summed E-state index contributed by atoms with van der Waals surface area (Å²) >= 11 is 0. The lowest BCUT2D eigenvalue weighted by atomic mass is 10.2. The molecule has 0 bridgehead atoms. The number of methoxy groups -OCH3 is 1. The van der Waals surface area contributed by atoms with Crippen LogP contribution in [-0.4, -0.2) is 56.9 Å². The van der Waals surface area contributed by atoms with Gasteiger partial charge in [-0.15, -0.1) is 0 Å². The van der Waals surface area contributed by atoms with Crippen LogP contribution in [0.25, 0.3) is 11.2 Å². The molecule has 1 aliphatic rings. The molecule has 0 amide bonds. The van der Waals surface area contributed by atoms with Crippen LogP contribution in [0, 0.1) is 5.82 Å². The largest absolute Gasteiger partial charge is 0.497 e. The number of nitrogens with zero attached hydrogens (tertiary/aromatic N) is 6. The van der Waals surface area contributed by atoms with Crippen molar-refractivity contribution in [1.29, 1.82) is 0 Å². The molecule has 5 rings (SSSR count). The Morgan fingerprint density at radius 1 is 0.917 bits per heavy atom. The fourth-order valence-electron chi connectivity index (χ4n) is 4.74. The van der Waals surface area contributed by atoms with E-state index in [1.54, 1.807) is 36.9 Å². The number of hydrogen-bond donors (Lipinski definition) is 0. The van der Waals surface area contributed by atoms with Crippen molar-refractivity contribution in [2.45, 2.75) is 13.1 Å². The lowest BCUT2D eigenvalue weighted by Gasteiger charge is -2.36. The van der Waals surface area contributed by atoms with Crippen molar-refractivity contribution in [2.75, 3.05) is 38.2 Å². The smallest absolute Gasteiger partial charge is 0.332 e. The van der Waals surface area contributed by atoms with Crippen molar-refractivity contribution in [1.82, 2.24) is 23.6 Å². The van der Waals surface area contributed by atoms with Crippen LogP contribution in [0.2, 0.25) is 0 Å². The van der Waals surface area contributed by atoms with Crippen molar-refractivity contribution in [3.8, 4) is 5.75 Å². The molecule has 3 heterocycles. The van der Waals surface area contributed by atoms with Gasteiger partial charge in [0.1, 0.15) is 17.4 Å². The van der Waals surface area contributed by atoms with Gasteiger partial charge in [0.2, 0.25) is 0 Å². The second-order valence-electron chi connectivity index (χ2n) is 9.04. The fourth-order valence-corrected chi connectivity index (χ4v) is 4.74. The number of aromatic nitrogens is 4. The lowest BCUT2D eigenvalue weighted by Crippen LogP contribution is -2.46. The van der Waals surface area contributed by atoms with Gasteiger partial charge in [-0.3, -0.25) is 18.8 Å². The van der Waals surface area contributed by atoms with Crippen LogP contribution >= 0.6 is 0 Å². The molecular weight excluding hydrogens is 463 g/mol. The maximum Gasteiger partial charge on any atom is 0.332 e. The molecule has 10 heteroatoms. The number of hydrogen-bond acceptors (Lipinski definition) is 6. The molecule has 0 N–H and O–H groups in total. The van der Waals surface area contributed by atoms with E-state index in [0.717, 1.165) is 42.2 Å². The van der Waals surface area contributed by atoms with Crippen LogP contribution in [0.5, 0.6) is 5.75 Å². The first-order chi connectivity index (χ1) is 17.4. The summed E-state index contributed by atoms with van der Waals surface area (Å²) in [6.45, 7) is 3.90. The predicted molar refractivity (Wildman–Crippen MR) is 136 cm³/mol. The number of imidazole rings is 1. The highest BCUT2D eigenvalue weighted by Crippen LogP contribution is 2.22. The van der Waals surface area contributed by atoms with Crippen molar-refractivity contribution < 1.29 is 9.13 Å². The SMILES string of the molecule is COc1ccc(N2CCN(Cc3nc4c(c(=O)n(C)c(=O)n4C)n3Cc3ccccc3F)CC2)cc1. The van der Waals surface area contributed by atoms with Crippen LogP contribution in [0.1, 0.15) is 11.4 Å². The van der Waals surface area contributed by atoms with Crippen molar-refractivity contribution in [3.05, 3.63) is 86.6 Å². The highest BCUT2D eigenvalue weighted by molar-refractivity contribution is 5.71. The lowest BCUT2D eigenvalue weighted by molar-refractivity contribution is 0.241. The van der Waals surface area contributed by atoms with Crippen LogP contribution in [-0.2, 0) is 27.2 Å². The summed E-state index contributed by atoms with van der Waals surface area (Å²) in [5.74, 6) is 1.11. The average molecular weight is 493 g/mol. The van der Waals surface area contributed by atoms with Crippen molar-refractivity contribution >= 4 is 16.9 Å². The molecular formula is C26H29FN6O3. The Bertz CT molecular complexity index is 1510. The number of aryl methyl sites for hydroxylation is 1. The molecule has 1 saturated heterocycles. The summed E-state index contributed by atoms with van der Waals surface area (Å²) in [5, 5.41) is 0. The minimum absolute atomic E-state index is 0.151. The maximum absolute atomic E-state index is 14.6. The first kappa shape index (κ1) is 23.8. The van der Waals surface area contributed by atoms with E-state index >= 15 is 0 Å². The number of benzene rings is 2. The van der Waals surface area contributed by atoms with Crippen molar-refractivity contribution in [2.24, 2.45) is 14.1 Å². The van der Waals surface area contributed by atoms with Crippen LogP contribution in [0.4, 0.5) is 10.1 Å². The highest BCUT2D eigenvalue weighted by atomic mass is 19.1. The van der Waals surface area contributed by atoms with E-state index in [9.17, 15) is 14.0 Å². The third-order valence-corrected chi connectivity index (χ3v) is 6.89. The molecule has 0 atom stereocenters. The number of halogens is 1. The molecule has 0 aliphatic carbocycles. The highest BCUT2D eigenvalue weighted by Gasteiger charge is 2.24. The van der Waals surface area contributed by atoms with Gasteiger partial charge in [0.25, 0.3) is 5.56 Å². The number of fused-ring (bicyclic) bond motifs is 1. The van der Waals surface area contributed by atoms with Gasteiger partial charge in [0, 0.05) is 51.5 Å². The molecule has 0 saturated carbocycles. The van der Waals surface area contributed by atoms with E-state index in [4.69, 9.17) is 9.72 Å². The molecule has 0 spiro atoms. The Labute approximate surface area is 207 Å². The summed E-state index contributed by atoms with van der Waals surface area (Å²) in [5.41, 5.74) is 1.33. The Morgan fingerprint density at radius 2 is 1.61 bits per heavy atom. The van der Waals surface area contributed by atoms with Crippen LogP contribution in [0.15, 0.2) is 58.1 Å². The van der Waals surface area contributed by atoms with E-state index in [1.807, 2.05) is 12.1 Å².